The Morgan fingerprint density at radius 1 is 1.24 bits per heavy atom. The standard InChI is InChI=1S/C21H29N3O5/c1-4-5-11-21(3)19(27)24(20(28)23-21)13-18(26)29-14-17(25)22-12-10-16-9-7-6-8-15(16)2/h6-9H,4-5,10-14H2,1-3H3,(H,22,25)(H,23,28)/t21-/m1/s1. The molecule has 1 aliphatic heterocycles. The van der Waals surface area contributed by atoms with E-state index in [1.54, 1.807) is 6.92 Å². The molecule has 4 amide bonds. The zero-order valence-corrected chi connectivity index (χ0v) is 17.2. The second kappa shape index (κ2) is 10.0. The summed E-state index contributed by atoms with van der Waals surface area (Å²) in [6.07, 6.45) is 2.84. The number of urea groups is 1. The van der Waals surface area contributed by atoms with Gasteiger partial charge < -0.3 is 15.4 Å². The maximum absolute atomic E-state index is 12.5. The van der Waals surface area contributed by atoms with E-state index in [1.165, 1.54) is 0 Å². The third-order valence-electron chi connectivity index (χ3n) is 5.00. The number of nitrogens with zero attached hydrogens (tertiary/aromatic N) is 1. The lowest BCUT2D eigenvalue weighted by atomic mass is 9.95. The molecule has 29 heavy (non-hydrogen) atoms. The number of benzene rings is 1. The van der Waals surface area contributed by atoms with Crippen LogP contribution in [0.4, 0.5) is 4.79 Å². The minimum Gasteiger partial charge on any atom is -0.454 e. The van der Waals surface area contributed by atoms with Crippen LogP contribution in [0.3, 0.4) is 0 Å². The molecule has 1 heterocycles. The Kier molecular flexibility index (Phi) is 7.75. The third-order valence-corrected chi connectivity index (χ3v) is 5.00. The first-order valence-corrected chi connectivity index (χ1v) is 9.87. The Hall–Kier alpha value is -2.90. The van der Waals surface area contributed by atoms with Gasteiger partial charge in [0.25, 0.3) is 11.8 Å². The predicted octanol–water partition coefficient (Wildman–Crippen LogP) is 1.70. The predicted molar refractivity (Wildman–Crippen MR) is 107 cm³/mol. The van der Waals surface area contributed by atoms with E-state index >= 15 is 0 Å². The first-order valence-electron chi connectivity index (χ1n) is 9.87. The number of rotatable bonds is 10. The van der Waals surface area contributed by atoms with Crippen molar-refractivity contribution in [1.82, 2.24) is 15.5 Å². The van der Waals surface area contributed by atoms with Gasteiger partial charge >= 0.3 is 12.0 Å². The summed E-state index contributed by atoms with van der Waals surface area (Å²) in [4.78, 5) is 49.2. The van der Waals surface area contributed by atoms with E-state index in [1.807, 2.05) is 38.1 Å². The van der Waals surface area contributed by atoms with E-state index in [-0.39, 0.29) is 0 Å². The number of hydrogen-bond donors (Lipinski definition) is 2. The lowest BCUT2D eigenvalue weighted by Gasteiger charge is -2.21. The molecular formula is C21H29N3O5. The van der Waals surface area contributed by atoms with Gasteiger partial charge in [0.1, 0.15) is 12.1 Å². The van der Waals surface area contributed by atoms with E-state index in [0.717, 1.165) is 28.9 Å². The van der Waals surface area contributed by atoms with Crippen LogP contribution in [0.1, 0.15) is 44.2 Å². The molecule has 2 rings (SSSR count). The molecule has 1 aromatic rings. The Labute approximate surface area is 171 Å². The first kappa shape index (κ1) is 22.4. The molecule has 8 heteroatoms. The van der Waals surface area contributed by atoms with Crippen molar-refractivity contribution in [3.05, 3.63) is 35.4 Å². The van der Waals surface area contributed by atoms with Gasteiger partial charge in [-0.05, 0) is 37.8 Å². The van der Waals surface area contributed by atoms with Gasteiger partial charge in [-0.15, -0.1) is 0 Å². The lowest BCUT2D eigenvalue weighted by molar-refractivity contribution is -0.151. The highest BCUT2D eigenvalue weighted by Crippen LogP contribution is 2.23. The lowest BCUT2D eigenvalue weighted by Crippen LogP contribution is -2.44. The fourth-order valence-corrected chi connectivity index (χ4v) is 3.19. The quantitative estimate of drug-likeness (QED) is 0.457. The molecule has 1 atom stereocenters. The van der Waals surface area contributed by atoms with Crippen LogP contribution in [0.2, 0.25) is 0 Å². The third kappa shape index (κ3) is 6.04. The van der Waals surface area contributed by atoms with Gasteiger partial charge in [0.2, 0.25) is 0 Å². The van der Waals surface area contributed by atoms with Crippen molar-refractivity contribution in [3.63, 3.8) is 0 Å². The monoisotopic (exact) mass is 403 g/mol. The van der Waals surface area contributed by atoms with Gasteiger partial charge in [0.15, 0.2) is 6.61 Å². The molecule has 0 spiro atoms. The highest BCUT2D eigenvalue weighted by molar-refractivity contribution is 6.08. The molecule has 1 aliphatic rings. The van der Waals surface area contributed by atoms with Crippen molar-refractivity contribution in [1.29, 1.82) is 0 Å². The summed E-state index contributed by atoms with van der Waals surface area (Å²) >= 11 is 0. The molecule has 0 unspecified atom stereocenters. The Bertz CT molecular complexity index is 779. The summed E-state index contributed by atoms with van der Waals surface area (Å²) < 4.78 is 4.91. The number of nitrogens with one attached hydrogen (secondary N) is 2. The molecule has 1 aromatic carbocycles. The Morgan fingerprint density at radius 3 is 2.66 bits per heavy atom. The highest BCUT2D eigenvalue weighted by Gasteiger charge is 2.47. The molecule has 0 aliphatic carbocycles. The fraction of sp³-hybridized carbons (Fsp3) is 0.524. The van der Waals surface area contributed by atoms with Crippen LogP contribution < -0.4 is 10.6 Å². The average molecular weight is 403 g/mol. The minimum atomic E-state index is -1.000. The number of amides is 4. The number of carbonyl (C=O) groups excluding carboxylic acids is 4. The number of esters is 1. The Morgan fingerprint density at radius 2 is 1.97 bits per heavy atom. The van der Waals surface area contributed by atoms with E-state index in [9.17, 15) is 19.2 Å². The molecule has 0 saturated carbocycles. The SMILES string of the molecule is CCCC[C@@]1(C)NC(=O)N(CC(=O)OCC(=O)NCCc2ccccc2C)C1=O. The van der Waals surface area contributed by atoms with Gasteiger partial charge in [-0.25, -0.2) is 4.79 Å². The fourth-order valence-electron chi connectivity index (χ4n) is 3.19. The highest BCUT2D eigenvalue weighted by atomic mass is 16.5. The number of unbranched alkanes of at least 4 members (excludes halogenated alkanes) is 1. The maximum atomic E-state index is 12.5. The summed E-state index contributed by atoms with van der Waals surface area (Å²) in [5.74, 6) is -1.69. The van der Waals surface area contributed by atoms with Gasteiger partial charge in [-0.1, -0.05) is 44.0 Å². The molecule has 0 bridgehead atoms. The molecule has 0 aromatic heterocycles. The number of carbonyl (C=O) groups is 4. The largest absolute Gasteiger partial charge is 0.454 e. The van der Waals surface area contributed by atoms with Crippen LogP contribution in [0.5, 0.6) is 0 Å². The summed E-state index contributed by atoms with van der Waals surface area (Å²) in [7, 11) is 0. The van der Waals surface area contributed by atoms with E-state index in [4.69, 9.17) is 4.74 Å². The molecule has 1 saturated heterocycles. The number of imide groups is 1. The van der Waals surface area contributed by atoms with E-state index in [0.29, 0.717) is 19.4 Å². The van der Waals surface area contributed by atoms with E-state index in [2.05, 4.69) is 10.6 Å². The molecule has 0 radical (unpaired) electrons. The van der Waals surface area contributed by atoms with Crippen molar-refractivity contribution < 1.29 is 23.9 Å². The molecule has 158 valence electrons. The van der Waals surface area contributed by atoms with Gasteiger partial charge in [0, 0.05) is 6.54 Å². The van der Waals surface area contributed by atoms with Crippen molar-refractivity contribution >= 4 is 23.8 Å². The topological polar surface area (TPSA) is 105 Å². The molecule has 1 fully saturated rings. The van der Waals surface area contributed by atoms with Crippen molar-refractivity contribution in [2.24, 2.45) is 0 Å². The average Bonchev–Trinajstić information content (AvgIpc) is 2.89. The molecule has 2 N–H and O–H groups in total. The number of hydrogen-bond acceptors (Lipinski definition) is 5. The van der Waals surface area contributed by atoms with E-state index < -0.39 is 42.5 Å². The van der Waals surface area contributed by atoms with Crippen molar-refractivity contribution in [3.8, 4) is 0 Å². The maximum Gasteiger partial charge on any atom is 0.326 e. The summed E-state index contributed by atoms with van der Waals surface area (Å²) in [6, 6.07) is 7.27. The number of ether oxygens (including phenoxy) is 1. The molecular weight excluding hydrogens is 374 g/mol. The molecule has 8 nitrogen and oxygen atoms in total. The summed E-state index contributed by atoms with van der Waals surface area (Å²) in [5.41, 5.74) is 1.28. The first-order chi connectivity index (χ1) is 13.8. The van der Waals surface area contributed by atoms with Crippen LogP contribution in [0, 0.1) is 6.92 Å². The van der Waals surface area contributed by atoms with Crippen LogP contribution in [0.15, 0.2) is 24.3 Å². The second-order valence-electron chi connectivity index (χ2n) is 7.44. The van der Waals surface area contributed by atoms with Gasteiger partial charge in [-0.3, -0.25) is 19.3 Å². The van der Waals surface area contributed by atoms with Gasteiger partial charge in [0.05, 0.1) is 0 Å². The van der Waals surface area contributed by atoms with Crippen molar-refractivity contribution in [2.45, 2.75) is 52.0 Å². The zero-order chi connectivity index (χ0) is 21.4. The number of aryl methyl sites for hydroxylation is 1. The Balaban J connectivity index is 1.73. The summed E-state index contributed by atoms with van der Waals surface area (Å²) in [5, 5.41) is 5.32. The van der Waals surface area contributed by atoms with Crippen LogP contribution in [-0.2, 0) is 25.5 Å². The zero-order valence-electron chi connectivity index (χ0n) is 17.2. The van der Waals surface area contributed by atoms with Crippen LogP contribution in [-0.4, -0.2) is 54.0 Å². The van der Waals surface area contributed by atoms with Crippen LogP contribution in [0.25, 0.3) is 0 Å². The van der Waals surface area contributed by atoms with Crippen molar-refractivity contribution in [2.75, 3.05) is 19.7 Å². The van der Waals surface area contributed by atoms with Gasteiger partial charge in [-0.2, -0.15) is 0 Å². The minimum absolute atomic E-state index is 0.421. The summed E-state index contributed by atoms with van der Waals surface area (Å²) in [6.45, 7) is 5.10. The second-order valence-corrected chi connectivity index (χ2v) is 7.44. The van der Waals surface area contributed by atoms with Crippen LogP contribution >= 0.6 is 0 Å². The normalized spacial score (nSPS) is 18.5. The smallest absolute Gasteiger partial charge is 0.326 e.